The van der Waals surface area contributed by atoms with Crippen LogP contribution in [-0.4, -0.2) is 27.6 Å². The van der Waals surface area contributed by atoms with Gasteiger partial charge in [0.25, 0.3) is 11.8 Å². The molecule has 0 bridgehead atoms. The van der Waals surface area contributed by atoms with Gasteiger partial charge in [-0.25, -0.2) is 19.3 Å². The van der Waals surface area contributed by atoms with Gasteiger partial charge in [-0.05, 0) is 75.0 Å². The van der Waals surface area contributed by atoms with Gasteiger partial charge >= 0.3 is 0 Å². The van der Waals surface area contributed by atoms with E-state index >= 15 is 0 Å². The number of benzene rings is 2. The molecule has 0 spiro atoms. The van der Waals surface area contributed by atoms with E-state index in [2.05, 4.69) is 15.3 Å². The van der Waals surface area contributed by atoms with Gasteiger partial charge in [0.2, 0.25) is 0 Å². The van der Waals surface area contributed by atoms with Crippen LogP contribution in [-0.2, 0) is 9.59 Å². The van der Waals surface area contributed by atoms with E-state index in [0.29, 0.717) is 27.8 Å². The number of nitrogens with one attached hydrogen (secondary N) is 1. The first-order valence-corrected chi connectivity index (χ1v) is 10.8. The Hall–Kier alpha value is -3.85. The van der Waals surface area contributed by atoms with Crippen LogP contribution < -0.4 is 10.2 Å². The maximum absolute atomic E-state index is 14.5. The predicted molar refractivity (Wildman–Crippen MR) is 123 cm³/mol. The summed E-state index contributed by atoms with van der Waals surface area (Å²) < 4.78 is 14.5. The molecule has 0 saturated carbocycles. The number of Topliss-reactive ketones (excluding diaryl/α,β-unsaturated/α-hetero) is 1. The molecule has 0 unspecified atom stereocenters. The van der Waals surface area contributed by atoms with Crippen molar-refractivity contribution in [1.82, 2.24) is 9.97 Å². The molecule has 7 nitrogen and oxygen atoms in total. The molecule has 1 aliphatic heterocycles. The zero-order chi connectivity index (χ0) is 23.7. The van der Waals surface area contributed by atoms with Gasteiger partial charge in [0.05, 0.1) is 5.69 Å². The Morgan fingerprint density at radius 2 is 1.61 bits per heavy atom. The molecule has 2 aromatic carbocycles. The Labute approximate surface area is 193 Å². The van der Waals surface area contributed by atoms with Crippen molar-refractivity contribution in [3.8, 4) is 0 Å². The van der Waals surface area contributed by atoms with Crippen molar-refractivity contribution in [3.05, 3.63) is 88.0 Å². The van der Waals surface area contributed by atoms with Crippen molar-refractivity contribution in [3.63, 3.8) is 0 Å². The van der Waals surface area contributed by atoms with Crippen molar-refractivity contribution in [1.29, 1.82) is 0 Å². The number of ketones is 1. The second kappa shape index (κ2) is 8.95. The lowest BCUT2D eigenvalue weighted by molar-refractivity contribution is -0.120. The standard InChI is InChI=1S/C24H19FN4O3S/c1-13-12-14(2)27-24(26-13)33-21-20(28-17-10-8-16(9-11-17)15(3)30)22(31)29(23(21)32)19-7-5-4-6-18(19)25/h4-12,28H,1-3H3. The van der Waals surface area contributed by atoms with Crippen molar-refractivity contribution < 1.29 is 18.8 Å². The lowest BCUT2D eigenvalue weighted by Crippen LogP contribution is -2.33. The molecule has 9 heteroatoms. The topological polar surface area (TPSA) is 92.3 Å². The third-order valence-electron chi connectivity index (χ3n) is 4.85. The van der Waals surface area contributed by atoms with Crippen LogP contribution in [0.25, 0.3) is 0 Å². The fourth-order valence-corrected chi connectivity index (χ4v) is 4.31. The third kappa shape index (κ3) is 4.54. The van der Waals surface area contributed by atoms with Crippen LogP contribution in [0.5, 0.6) is 0 Å². The smallest absolute Gasteiger partial charge is 0.283 e. The lowest BCUT2D eigenvalue weighted by Gasteiger charge is -2.16. The maximum Gasteiger partial charge on any atom is 0.283 e. The van der Waals surface area contributed by atoms with Gasteiger partial charge in [0, 0.05) is 22.6 Å². The maximum atomic E-state index is 14.5. The van der Waals surface area contributed by atoms with Crippen LogP contribution in [0.15, 0.2) is 70.4 Å². The molecular formula is C24H19FN4O3S. The van der Waals surface area contributed by atoms with Crippen molar-refractivity contribution in [2.45, 2.75) is 25.9 Å². The van der Waals surface area contributed by atoms with E-state index in [4.69, 9.17) is 0 Å². The average molecular weight is 463 g/mol. The van der Waals surface area contributed by atoms with Crippen LogP contribution in [0.2, 0.25) is 0 Å². The van der Waals surface area contributed by atoms with Gasteiger partial charge in [0.15, 0.2) is 10.9 Å². The minimum Gasteiger partial charge on any atom is -0.350 e. The Bertz CT molecular complexity index is 1300. The second-order valence-corrected chi connectivity index (χ2v) is 8.37. The zero-order valence-corrected chi connectivity index (χ0v) is 18.9. The minimum absolute atomic E-state index is 0.0217. The first-order valence-electron chi connectivity index (χ1n) is 10.0. The first-order chi connectivity index (χ1) is 15.7. The van der Waals surface area contributed by atoms with Crippen molar-refractivity contribution in [2.24, 2.45) is 0 Å². The molecule has 33 heavy (non-hydrogen) atoms. The van der Waals surface area contributed by atoms with E-state index < -0.39 is 17.6 Å². The number of aryl methyl sites for hydroxylation is 2. The Morgan fingerprint density at radius 3 is 2.21 bits per heavy atom. The molecule has 0 fully saturated rings. The van der Waals surface area contributed by atoms with Crippen LogP contribution in [0.1, 0.15) is 28.7 Å². The zero-order valence-electron chi connectivity index (χ0n) is 18.0. The third-order valence-corrected chi connectivity index (χ3v) is 5.80. The molecule has 2 amide bonds. The molecule has 1 aromatic heterocycles. The highest BCUT2D eigenvalue weighted by molar-refractivity contribution is 8.04. The summed E-state index contributed by atoms with van der Waals surface area (Å²) in [5.74, 6) is -2.17. The number of thioether (sulfide) groups is 1. The highest BCUT2D eigenvalue weighted by Crippen LogP contribution is 2.37. The molecule has 166 valence electrons. The van der Waals surface area contributed by atoms with E-state index in [1.165, 1.54) is 25.1 Å². The summed E-state index contributed by atoms with van der Waals surface area (Å²) in [7, 11) is 0. The number of hydrogen-bond donors (Lipinski definition) is 1. The number of rotatable bonds is 6. The molecule has 0 atom stereocenters. The Morgan fingerprint density at radius 1 is 0.970 bits per heavy atom. The Kier molecular flexibility index (Phi) is 6.06. The minimum atomic E-state index is -0.701. The monoisotopic (exact) mass is 462 g/mol. The largest absolute Gasteiger partial charge is 0.350 e. The fourth-order valence-electron chi connectivity index (χ4n) is 3.33. The number of hydrogen-bond acceptors (Lipinski definition) is 7. The quantitative estimate of drug-likeness (QED) is 0.329. The number of aromatic nitrogens is 2. The van der Waals surface area contributed by atoms with E-state index in [-0.39, 0.29) is 22.1 Å². The molecule has 0 radical (unpaired) electrons. The number of imide groups is 1. The summed E-state index contributed by atoms with van der Waals surface area (Å²) in [6, 6.07) is 13.8. The van der Waals surface area contributed by atoms with Crippen molar-refractivity contribution >= 4 is 40.7 Å². The van der Waals surface area contributed by atoms with Crippen LogP contribution in [0, 0.1) is 19.7 Å². The number of anilines is 2. The predicted octanol–water partition coefficient (Wildman–Crippen LogP) is 4.42. The van der Waals surface area contributed by atoms with Gasteiger partial charge < -0.3 is 5.32 Å². The van der Waals surface area contributed by atoms with E-state index in [0.717, 1.165) is 16.7 Å². The Balaban J connectivity index is 1.76. The highest BCUT2D eigenvalue weighted by atomic mass is 32.2. The molecule has 3 aromatic rings. The molecule has 0 aliphatic carbocycles. The summed E-state index contributed by atoms with van der Waals surface area (Å²) in [6.45, 7) is 5.06. The van der Waals surface area contributed by atoms with Gasteiger partial charge in [-0.15, -0.1) is 0 Å². The summed E-state index contributed by atoms with van der Waals surface area (Å²) in [4.78, 5) is 47.7. The number of nitrogens with zero attached hydrogens (tertiary/aromatic N) is 3. The van der Waals surface area contributed by atoms with Crippen molar-refractivity contribution in [2.75, 3.05) is 10.2 Å². The summed E-state index contributed by atoms with van der Waals surface area (Å²) in [5, 5.41) is 3.26. The molecule has 1 aliphatic rings. The molecule has 1 N–H and O–H groups in total. The van der Waals surface area contributed by atoms with E-state index in [1.807, 2.05) is 0 Å². The highest BCUT2D eigenvalue weighted by Gasteiger charge is 2.41. The first kappa shape index (κ1) is 22.3. The van der Waals surface area contributed by atoms with Gasteiger partial charge in [-0.1, -0.05) is 12.1 Å². The number of para-hydroxylation sites is 1. The molecule has 2 heterocycles. The molecule has 0 saturated heterocycles. The van der Waals surface area contributed by atoms with E-state index in [9.17, 15) is 18.8 Å². The number of carbonyl (C=O) groups excluding carboxylic acids is 3. The summed E-state index contributed by atoms with van der Waals surface area (Å²) in [5.41, 5.74) is 2.26. The van der Waals surface area contributed by atoms with Crippen LogP contribution in [0.4, 0.5) is 15.8 Å². The number of halogens is 1. The lowest BCUT2D eigenvalue weighted by atomic mass is 10.1. The summed E-state index contributed by atoms with van der Waals surface area (Å²) in [6.07, 6.45) is 0. The van der Waals surface area contributed by atoms with E-state index in [1.54, 1.807) is 50.2 Å². The second-order valence-electron chi connectivity index (χ2n) is 7.40. The number of amides is 2. The SMILES string of the molecule is CC(=O)c1ccc(NC2=C(Sc3nc(C)cc(C)n3)C(=O)N(c3ccccc3F)C2=O)cc1. The summed E-state index contributed by atoms with van der Waals surface area (Å²) >= 11 is 0.937. The normalized spacial score (nSPS) is 13.6. The molecule has 4 rings (SSSR count). The average Bonchev–Trinajstić information content (AvgIpc) is 2.98. The van der Waals surface area contributed by atoms with Crippen LogP contribution >= 0.6 is 11.8 Å². The van der Waals surface area contributed by atoms with Gasteiger partial charge in [-0.2, -0.15) is 0 Å². The molecular weight excluding hydrogens is 443 g/mol. The van der Waals surface area contributed by atoms with Gasteiger partial charge in [0.1, 0.15) is 16.4 Å². The van der Waals surface area contributed by atoms with Gasteiger partial charge in [-0.3, -0.25) is 14.4 Å². The number of carbonyl (C=O) groups is 3. The fraction of sp³-hybridized carbons (Fsp3) is 0.125. The van der Waals surface area contributed by atoms with Crippen LogP contribution in [0.3, 0.4) is 0 Å².